The second-order valence-electron chi connectivity index (χ2n) is 4.91. The highest BCUT2D eigenvalue weighted by Gasteiger charge is 2.45. The third kappa shape index (κ3) is 2.49. The minimum atomic E-state index is -4.83. The molecule has 1 unspecified atom stereocenters. The van der Waals surface area contributed by atoms with Crippen LogP contribution in [0.3, 0.4) is 0 Å². The Labute approximate surface area is 125 Å². The summed E-state index contributed by atoms with van der Waals surface area (Å²) in [7, 11) is -3.29. The Morgan fingerprint density at radius 3 is 2.77 bits per heavy atom. The summed E-state index contributed by atoms with van der Waals surface area (Å²) < 4.78 is 36.2. The molecule has 22 heavy (non-hydrogen) atoms. The van der Waals surface area contributed by atoms with E-state index in [0.29, 0.717) is 16.3 Å². The molecule has 1 saturated heterocycles. The lowest BCUT2D eigenvalue weighted by Crippen LogP contribution is -2.36. The maximum absolute atomic E-state index is 12.0. The molecule has 1 fully saturated rings. The van der Waals surface area contributed by atoms with E-state index in [9.17, 15) is 18.0 Å². The van der Waals surface area contributed by atoms with Gasteiger partial charge >= 0.3 is 16.4 Å². The molecule has 1 aromatic heterocycles. The van der Waals surface area contributed by atoms with Gasteiger partial charge < -0.3 is 9.47 Å². The van der Waals surface area contributed by atoms with E-state index in [1.54, 1.807) is 13.1 Å². The van der Waals surface area contributed by atoms with E-state index in [1.807, 2.05) is 0 Å². The number of hydrogen-bond donors (Lipinski definition) is 1. The number of hydrogen-bond acceptors (Lipinski definition) is 6. The maximum Gasteiger partial charge on any atom is 0.418 e. The van der Waals surface area contributed by atoms with Crippen molar-refractivity contribution in [2.24, 2.45) is 7.05 Å². The number of hydroxylamine groups is 2. The van der Waals surface area contributed by atoms with Crippen molar-refractivity contribution in [3.05, 3.63) is 34.5 Å². The van der Waals surface area contributed by atoms with Gasteiger partial charge in [0, 0.05) is 25.2 Å². The minimum absolute atomic E-state index is 0.178. The lowest BCUT2D eigenvalue weighted by atomic mass is 10.0. The summed E-state index contributed by atoms with van der Waals surface area (Å²) in [4.78, 5) is 29.1. The Bertz CT molecular complexity index is 829. The number of urea groups is 1. The number of carbonyl (C=O) groups excluding carboxylic acids is 1. The topological polar surface area (TPSA) is 122 Å². The summed E-state index contributed by atoms with van der Waals surface area (Å²) in [6.07, 6.45) is 3.00. The van der Waals surface area contributed by atoms with E-state index in [-0.39, 0.29) is 18.6 Å². The second-order valence-corrected chi connectivity index (χ2v) is 5.92. The fourth-order valence-electron chi connectivity index (χ4n) is 2.44. The first-order valence-corrected chi connectivity index (χ1v) is 7.61. The van der Waals surface area contributed by atoms with Crippen LogP contribution in [-0.2, 0) is 21.7 Å². The summed E-state index contributed by atoms with van der Waals surface area (Å²) in [5, 5.41) is 0.577. The standard InChI is InChI=1S/C11H12N4O6S/c1-13-6-12-8(4-10(13)16)7-2-3-14-5-9(7)15(11(14)17)21-22(18,19)20/h2,4,6,9H,3,5H2,1H3,(H,18,19,20). The van der Waals surface area contributed by atoms with E-state index in [2.05, 4.69) is 9.27 Å². The monoisotopic (exact) mass is 328 g/mol. The first-order chi connectivity index (χ1) is 10.3. The van der Waals surface area contributed by atoms with Gasteiger partial charge in [0.1, 0.15) is 6.04 Å². The van der Waals surface area contributed by atoms with E-state index in [0.717, 1.165) is 0 Å². The fraction of sp³-hybridized carbons (Fsp3) is 0.364. The van der Waals surface area contributed by atoms with Crippen molar-refractivity contribution in [2.75, 3.05) is 13.1 Å². The van der Waals surface area contributed by atoms with Gasteiger partial charge in [-0.15, -0.1) is 4.28 Å². The summed E-state index contributed by atoms with van der Waals surface area (Å²) in [6, 6.07) is -0.170. The normalized spacial score (nSPS) is 21.3. The van der Waals surface area contributed by atoms with Crippen molar-refractivity contribution in [1.29, 1.82) is 0 Å². The molecule has 2 aliphatic heterocycles. The van der Waals surface area contributed by atoms with Crippen LogP contribution in [0.15, 0.2) is 23.3 Å². The van der Waals surface area contributed by atoms with Gasteiger partial charge in [0.25, 0.3) is 5.56 Å². The lowest BCUT2D eigenvalue weighted by molar-refractivity contribution is -0.0160. The third-order valence-corrected chi connectivity index (χ3v) is 3.82. The highest BCUT2D eigenvalue weighted by Crippen LogP contribution is 2.31. The van der Waals surface area contributed by atoms with Gasteiger partial charge in [0.15, 0.2) is 0 Å². The molecule has 0 saturated carbocycles. The van der Waals surface area contributed by atoms with E-state index in [4.69, 9.17) is 4.55 Å². The Morgan fingerprint density at radius 1 is 1.41 bits per heavy atom. The van der Waals surface area contributed by atoms with Crippen LogP contribution in [0.2, 0.25) is 0 Å². The number of aromatic nitrogens is 2. The zero-order valence-electron chi connectivity index (χ0n) is 11.4. The van der Waals surface area contributed by atoms with Gasteiger partial charge in [0.05, 0.1) is 18.6 Å². The summed E-state index contributed by atoms with van der Waals surface area (Å²) in [6.45, 7) is 0.407. The van der Waals surface area contributed by atoms with Crippen LogP contribution in [0.4, 0.5) is 4.79 Å². The smallest absolute Gasteiger partial charge is 0.317 e. The van der Waals surface area contributed by atoms with Gasteiger partial charge in [0.2, 0.25) is 0 Å². The lowest BCUT2D eigenvalue weighted by Gasteiger charge is -2.23. The molecule has 3 rings (SSSR count). The SMILES string of the molecule is Cn1cnc(C2=CCN3CC2N(OS(=O)(=O)O)C3=O)cc1=O. The molecular formula is C11H12N4O6S. The van der Waals surface area contributed by atoms with Crippen molar-refractivity contribution in [1.82, 2.24) is 19.5 Å². The first-order valence-electron chi connectivity index (χ1n) is 6.24. The predicted molar refractivity (Wildman–Crippen MR) is 72.7 cm³/mol. The van der Waals surface area contributed by atoms with Crippen molar-refractivity contribution >= 4 is 22.0 Å². The van der Waals surface area contributed by atoms with Crippen LogP contribution in [0.25, 0.3) is 5.57 Å². The number of fused-ring (bicyclic) bond motifs is 2. The van der Waals surface area contributed by atoms with Gasteiger partial charge in [-0.3, -0.25) is 9.35 Å². The molecule has 0 aromatic carbocycles. The highest BCUT2D eigenvalue weighted by atomic mass is 32.3. The summed E-state index contributed by atoms with van der Waals surface area (Å²) >= 11 is 0. The number of aryl methyl sites for hydroxylation is 1. The average Bonchev–Trinajstić information content (AvgIpc) is 2.66. The predicted octanol–water partition coefficient (Wildman–Crippen LogP) is -0.982. The van der Waals surface area contributed by atoms with Crippen LogP contribution in [0.5, 0.6) is 0 Å². The summed E-state index contributed by atoms with van der Waals surface area (Å²) in [5.41, 5.74) is 0.523. The molecule has 2 amide bonds. The molecule has 118 valence electrons. The fourth-order valence-corrected chi connectivity index (χ4v) is 2.81. The van der Waals surface area contributed by atoms with Crippen LogP contribution in [-0.4, -0.2) is 57.6 Å². The molecule has 0 aliphatic carbocycles. The maximum atomic E-state index is 12.0. The highest BCUT2D eigenvalue weighted by molar-refractivity contribution is 7.80. The van der Waals surface area contributed by atoms with Crippen molar-refractivity contribution in [3.63, 3.8) is 0 Å². The molecule has 1 atom stereocenters. The Kier molecular flexibility index (Phi) is 3.27. The molecule has 2 aliphatic rings. The zero-order chi connectivity index (χ0) is 16.1. The van der Waals surface area contributed by atoms with Crippen LogP contribution in [0, 0.1) is 0 Å². The summed E-state index contributed by atoms with van der Waals surface area (Å²) in [5.74, 6) is 0. The Hall–Kier alpha value is -2.24. The molecule has 2 bridgehead atoms. The molecule has 3 heterocycles. The number of amides is 2. The average molecular weight is 328 g/mol. The van der Waals surface area contributed by atoms with Gasteiger partial charge in [-0.25, -0.2) is 9.78 Å². The number of carbonyl (C=O) groups is 1. The van der Waals surface area contributed by atoms with Crippen molar-refractivity contribution in [2.45, 2.75) is 6.04 Å². The molecule has 1 N–H and O–H groups in total. The molecule has 0 radical (unpaired) electrons. The van der Waals surface area contributed by atoms with Crippen molar-refractivity contribution in [3.8, 4) is 0 Å². The van der Waals surface area contributed by atoms with Gasteiger partial charge in [-0.2, -0.15) is 13.5 Å². The number of nitrogens with zero attached hydrogens (tertiary/aromatic N) is 4. The Balaban J connectivity index is 1.99. The first kappa shape index (κ1) is 14.7. The number of rotatable bonds is 3. The second kappa shape index (κ2) is 4.90. The van der Waals surface area contributed by atoms with Crippen LogP contribution < -0.4 is 5.56 Å². The van der Waals surface area contributed by atoms with Crippen LogP contribution >= 0.6 is 0 Å². The molecule has 11 heteroatoms. The Morgan fingerprint density at radius 2 is 2.14 bits per heavy atom. The van der Waals surface area contributed by atoms with Gasteiger partial charge in [-0.05, 0) is 0 Å². The van der Waals surface area contributed by atoms with Gasteiger partial charge in [-0.1, -0.05) is 6.08 Å². The van der Waals surface area contributed by atoms with Crippen molar-refractivity contribution < 1.29 is 22.0 Å². The largest absolute Gasteiger partial charge is 0.418 e. The molecular weight excluding hydrogens is 316 g/mol. The minimum Gasteiger partial charge on any atom is -0.317 e. The van der Waals surface area contributed by atoms with E-state index >= 15 is 0 Å². The van der Waals surface area contributed by atoms with E-state index in [1.165, 1.54) is 21.9 Å². The molecule has 0 spiro atoms. The quantitative estimate of drug-likeness (QED) is 0.707. The third-order valence-electron chi connectivity index (χ3n) is 3.47. The van der Waals surface area contributed by atoms with E-state index < -0.39 is 22.5 Å². The molecule has 10 nitrogen and oxygen atoms in total. The molecule has 1 aromatic rings. The zero-order valence-corrected chi connectivity index (χ0v) is 12.2. The van der Waals surface area contributed by atoms with Crippen LogP contribution in [0.1, 0.15) is 5.69 Å².